The van der Waals surface area contributed by atoms with E-state index in [2.05, 4.69) is 31.8 Å². The maximum atomic E-state index is 10.7. The van der Waals surface area contributed by atoms with Crippen LogP contribution in [0.4, 0.5) is 17.5 Å². The number of nitrogens with zero attached hydrogens (tertiary/aromatic N) is 6. The zero-order valence-electron chi connectivity index (χ0n) is 15.6. The van der Waals surface area contributed by atoms with Gasteiger partial charge in [-0.2, -0.15) is 20.0 Å². The van der Waals surface area contributed by atoms with Gasteiger partial charge in [0.1, 0.15) is 11.7 Å². The second-order valence-electron chi connectivity index (χ2n) is 7.34. The Hall–Kier alpha value is -3.44. The lowest BCUT2D eigenvalue weighted by molar-refractivity contribution is -0.184. The van der Waals surface area contributed by atoms with Crippen molar-refractivity contribution in [2.45, 2.75) is 24.5 Å². The summed E-state index contributed by atoms with van der Waals surface area (Å²) in [5, 5.41) is 40.3. The molecule has 3 N–H and O–H groups in total. The maximum Gasteiger partial charge on any atom is 0.247 e. The zero-order valence-corrected chi connectivity index (χ0v) is 16.3. The van der Waals surface area contributed by atoms with Crippen LogP contribution in [0.2, 0.25) is 5.02 Å². The van der Waals surface area contributed by atoms with Crippen molar-refractivity contribution in [3.05, 3.63) is 40.2 Å². The number of nitriles is 2. The number of hydrogen-bond acceptors (Lipinski definition) is 9. The third-order valence-corrected chi connectivity index (χ3v) is 5.43. The van der Waals surface area contributed by atoms with Crippen molar-refractivity contribution in [1.29, 1.82) is 10.5 Å². The molecule has 11 heteroatoms. The summed E-state index contributed by atoms with van der Waals surface area (Å²) in [5.74, 6) is 0.662. The smallest absolute Gasteiger partial charge is 0.247 e. The standard InChI is InChI=1S/C19H15ClN8O2/c20-15-13(19(29)8-30-9-19)3-10(5-21)4-14(15)25-18-26-16(24-11-1-2-11)17-23-7-12(6-22)28(17)27-18/h3-4,7,11,29H,1-2,8-9H2,(H2,24,25,26,27). The SMILES string of the molecule is N#Cc1cc(Nc2nc(NC3CC3)c3ncc(C#N)n3n2)c(Cl)c(C2(O)COC2)c1. The molecule has 1 aliphatic carbocycles. The fraction of sp³-hybridized carbons (Fsp3) is 0.316. The molecule has 0 radical (unpaired) electrons. The van der Waals surface area contributed by atoms with Gasteiger partial charge in [0.25, 0.3) is 0 Å². The summed E-state index contributed by atoms with van der Waals surface area (Å²) < 4.78 is 6.52. The number of rotatable bonds is 5. The Morgan fingerprint density at radius 2 is 2.07 bits per heavy atom. The summed E-state index contributed by atoms with van der Waals surface area (Å²) in [6.07, 6.45) is 3.50. The van der Waals surface area contributed by atoms with E-state index in [1.807, 2.05) is 6.07 Å². The number of aliphatic hydroxyl groups is 1. The maximum absolute atomic E-state index is 10.7. The van der Waals surface area contributed by atoms with Crippen LogP contribution in [0.5, 0.6) is 0 Å². The number of benzene rings is 1. The summed E-state index contributed by atoms with van der Waals surface area (Å²) in [7, 11) is 0. The number of halogens is 1. The van der Waals surface area contributed by atoms with Gasteiger partial charge in [-0.1, -0.05) is 11.6 Å². The number of aromatic nitrogens is 4. The van der Waals surface area contributed by atoms with Gasteiger partial charge in [-0.05, 0) is 25.0 Å². The molecule has 10 nitrogen and oxygen atoms in total. The van der Waals surface area contributed by atoms with Crippen molar-refractivity contribution in [2.24, 2.45) is 0 Å². The van der Waals surface area contributed by atoms with Crippen molar-refractivity contribution < 1.29 is 9.84 Å². The van der Waals surface area contributed by atoms with E-state index >= 15 is 0 Å². The van der Waals surface area contributed by atoms with Crippen molar-refractivity contribution >= 4 is 34.7 Å². The van der Waals surface area contributed by atoms with E-state index < -0.39 is 5.60 Å². The fourth-order valence-electron chi connectivity index (χ4n) is 3.22. The highest BCUT2D eigenvalue weighted by molar-refractivity contribution is 6.34. The minimum absolute atomic E-state index is 0.0967. The highest BCUT2D eigenvalue weighted by Crippen LogP contribution is 2.39. The molecule has 2 fully saturated rings. The normalized spacial score (nSPS) is 17.1. The van der Waals surface area contributed by atoms with Crippen molar-refractivity contribution in [2.75, 3.05) is 23.8 Å². The van der Waals surface area contributed by atoms with Gasteiger partial charge in [0, 0.05) is 11.6 Å². The summed E-state index contributed by atoms with van der Waals surface area (Å²) in [6.45, 7) is 0.193. The molecule has 0 spiro atoms. The minimum Gasteiger partial charge on any atom is -0.380 e. The zero-order chi connectivity index (χ0) is 20.9. The molecule has 5 rings (SSSR count). The second-order valence-corrected chi connectivity index (χ2v) is 7.72. The van der Waals surface area contributed by atoms with Crippen LogP contribution in [0.15, 0.2) is 18.3 Å². The Morgan fingerprint density at radius 3 is 2.70 bits per heavy atom. The van der Waals surface area contributed by atoms with E-state index in [1.54, 1.807) is 12.1 Å². The van der Waals surface area contributed by atoms with Crippen LogP contribution < -0.4 is 10.6 Å². The van der Waals surface area contributed by atoms with Gasteiger partial charge in [-0.25, -0.2) is 4.98 Å². The number of hydrogen-bond donors (Lipinski definition) is 3. The molecule has 3 heterocycles. The van der Waals surface area contributed by atoms with E-state index in [0.717, 1.165) is 12.8 Å². The number of nitrogens with one attached hydrogen (secondary N) is 2. The molecular weight excluding hydrogens is 408 g/mol. The van der Waals surface area contributed by atoms with Crippen LogP contribution in [-0.2, 0) is 10.3 Å². The molecule has 30 heavy (non-hydrogen) atoms. The average Bonchev–Trinajstić information content (AvgIpc) is 3.44. The highest BCUT2D eigenvalue weighted by atomic mass is 35.5. The van der Waals surface area contributed by atoms with E-state index in [-0.39, 0.29) is 29.9 Å². The Bertz CT molecular complexity index is 1250. The summed E-state index contributed by atoms with van der Waals surface area (Å²) >= 11 is 6.54. The molecule has 0 bridgehead atoms. The van der Waals surface area contributed by atoms with Crippen LogP contribution in [0.3, 0.4) is 0 Å². The van der Waals surface area contributed by atoms with E-state index in [1.165, 1.54) is 10.7 Å². The van der Waals surface area contributed by atoms with Crippen LogP contribution in [0.1, 0.15) is 29.7 Å². The third kappa shape index (κ3) is 3.08. The molecule has 3 aromatic rings. The molecular formula is C19H15ClN8O2. The van der Waals surface area contributed by atoms with Crippen LogP contribution in [0.25, 0.3) is 5.65 Å². The molecule has 2 aliphatic rings. The largest absolute Gasteiger partial charge is 0.380 e. The first-order valence-corrected chi connectivity index (χ1v) is 9.62. The Labute approximate surface area is 175 Å². The van der Waals surface area contributed by atoms with Crippen molar-refractivity contribution in [3.8, 4) is 12.1 Å². The predicted molar refractivity (Wildman–Crippen MR) is 106 cm³/mol. The van der Waals surface area contributed by atoms with Gasteiger partial charge >= 0.3 is 0 Å². The number of ether oxygens (including phenoxy) is 1. The number of fused-ring (bicyclic) bond motifs is 1. The number of imidazole rings is 1. The first-order chi connectivity index (χ1) is 14.5. The predicted octanol–water partition coefficient (Wildman–Crippen LogP) is 2.06. The van der Waals surface area contributed by atoms with Crippen LogP contribution in [0, 0.1) is 22.7 Å². The third-order valence-electron chi connectivity index (χ3n) is 5.03. The molecule has 1 aliphatic heterocycles. The Balaban J connectivity index is 1.59. The van der Waals surface area contributed by atoms with Gasteiger partial charge < -0.3 is 20.5 Å². The Kier molecular flexibility index (Phi) is 4.22. The van der Waals surface area contributed by atoms with Gasteiger partial charge in [-0.15, -0.1) is 5.10 Å². The van der Waals surface area contributed by atoms with Crippen LogP contribution >= 0.6 is 11.6 Å². The Morgan fingerprint density at radius 1 is 1.27 bits per heavy atom. The molecule has 2 aromatic heterocycles. The molecule has 0 atom stereocenters. The minimum atomic E-state index is -1.25. The lowest BCUT2D eigenvalue weighted by Gasteiger charge is -2.37. The van der Waals surface area contributed by atoms with Gasteiger partial charge in [-0.3, -0.25) is 0 Å². The lowest BCUT2D eigenvalue weighted by Crippen LogP contribution is -2.46. The number of anilines is 3. The highest BCUT2D eigenvalue weighted by Gasteiger charge is 2.40. The first-order valence-electron chi connectivity index (χ1n) is 9.24. The quantitative estimate of drug-likeness (QED) is 0.562. The lowest BCUT2D eigenvalue weighted by atomic mass is 9.90. The van der Waals surface area contributed by atoms with E-state index in [0.29, 0.717) is 34.3 Å². The molecule has 0 unspecified atom stereocenters. The van der Waals surface area contributed by atoms with Crippen LogP contribution in [-0.4, -0.2) is 43.9 Å². The molecule has 1 aromatic carbocycles. The second kappa shape index (κ2) is 6.82. The summed E-state index contributed by atoms with van der Waals surface area (Å²) in [5.41, 5.74) is 0.531. The van der Waals surface area contributed by atoms with Gasteiger partial charge in [0.05, 0.1) is 41.8 Å². The summed E-state index contributed by atoms with van der Waals surface area (Å²) in [4.78, 5) is 8.73. The molecule has 0 amide bonds. The first kappa shape index (κ1) is 18.6. The molecule has 1 saturated carbocycles. The molecule has 1 saturated heterocycles. The monoisotopic (exact) mass is 422 g/mol. The fourth-order valence-corrected chi connectivity index (χ4v) is 3.55. The van der Waals surface area contributed by atoms with Crippen molar-refractivity contribution in [3.63, 3.8) is 0 Å². The van der Waals surface area contributed by atoms with Gasteiger partial charge in [0.2, 0.25) is 5.95 Å². The van der Waals surface area contributed by atoms with Gasteiger partial charge in [0.15, 0.2) is 17.2 Å². The average molecular weight is 423 g/mol. The summed E-state index contributed by atoms with van der Waals surface area (Å²) in [6, 6.07) is 7.52. The van der Waals surface area contributed by atoms with E-state index in [4.69, 9.17) is 16.3 Å². The topological polar surface area (TPSA) is 144 Å². The van der Waals surface area contributed by atoms with E-state index in [9.17, 15) is 15.6 Å². The van der Waals surface area contributed by atoms with Crippen molar-refractivity contribution in [1.82, 2.24) is 19.6 Å². The molecule has 150 valence electrons.